The Kier molecular flexibility index (Phi) is 4.60. The Morgan fingerprint density at radius 1 is 1.47 bits per heavy atom. The summed E-state index contributed by atoms with van der Waals surface area (Å²) in [5.41, 5.74) is 1.60. The number of likely N-dealkylation sites (tertiary alicyclic amines) is 1. The zero-order valence-corrected chi connectivity index (χ0v) is 10.9. The molecule has 2 fully saturated rings. The van der Waals surface area contributed by atoms with Crippen molar-refractivity contribution in [3.63, 3.8) is 0 Å². The van der Waals surface area contributed by atoms with E-state index >= 15 is 0 Å². The van der Waals surface area contributed by atoms with Crippen LogP contribution in [0.25, 0.3) is 0 Å². The van der Waals surface area contributed by atoms with Crippen molar-refractivity contribution in [2.75, 3.05) is 26.2 Å². The summed E-state index contributed by atoms with van der Waals surface area (Å²) in [6.45, 7) is 6.13. The maximum atomic E-state index is 11.6. The molecule has 2 heterocycles. The van der Waals surface area contributed by atoms with Crippen molar-refractivity contribution in [1.29, 1.82) is 0 Å². The molecular weight excluding hydrogens is 212 g/mol. The highest BCUT2D eigenvalue weighted by Crippen LogP contribution is 2.22. The van der Waals surface area contributed by atoms with Crippen LogP contribution in [0, 0.1) is 5.92 Å². The smallest absolute Gasteiger partial charge is 0.222 e. The first-order valence-corrected chi connectivity index (χ1v) is 6.97. The summed E-state index contributed by atoms with van der Waals surface area (Å²) in [7, 11) is 0. The molecule has 2 aliphatic heterocycles. The van der Waals surface area contributed by atoms with Crippen molar-refractivity contribution in [3.8, 4) is 0 Å². The number of hydrogen-bond donors (Lipinski definition) is 1. The molecule has 96 valence electrons. The first-order chi connectivity index (χ1) is 8.29. The molecule has 0 spiro atoms. The fourth-order valence-electron chi connectivity index (χ4n) is 2.81. The minimum Gasteiger partial charge on any atom is -0.342 e. The van der Waals surface area contributed by atoms with Gasteiger partial charge in [0.15, 0.2) is 0 Å². The van der Waals surface area contributed by atoms with Crippen molar-refractivity contribution in [3.05, 3.63) is 11.6 Å². The Bertz CT molecular complexity index is 289. The van der Waals surface area contributed by atoms with Gasteiger partial charge in [-0.2, -0.15) is 0 Å². The maximum Gasteiger partial charge on any atom is 0.222 e. The summed E-state index contributed by atoms with van der Waals surface area (Å²) in [5, 5.41) is 3.43. The molecule has 1 unspecified atom stereocenters. The molecule has 3 nitrogen and oxygen atoms in total. The summed E-state index contributed by atoms with van der Waals surface area (Å²) in [6.07, 6.45) is 7.95. The Labute approximate surface area is 104 Å². The van der Waals surface area contributed by atoms with Crippen molar-refractivity contribution >= 4 is 5.91 Å². The zero-order valence-electron chi connectivity index (χ0n) is 10.9. The van der Waals surface area contributed by atoms with Gasteiger partial charge in [-0.1, -0.05) is 18.6 Å². The predicted molar refractivity (Wildman–Crippen MR) is 69.8 cm³/mol. The molecule has 17 heavy (non-hydrogen) atoms. The van der Waals surface area contributed by atoms with Gasteiger partial charge in [0.1, 0.15) is 0 Å². The lowest BCUT2D eigenvalue weighted by atomic mass is 10.0. The predicted octanol–water partition coefficient (Wildman–Crippen LogP) is 1.94. The van der Waals surface area contributed by atoms with Crippen LogP contribution in [-0.4, -0.2) is 37.0 Å². The average Bonchev–Trinajstić information content (AvgIpc) is 2.65. The second-order valence-corrected chi connectivity index (χ2v) is 5.17. The number of amides is 1. The van der Waals surface area contributed by atoms with Gasteiger partial charge in [0.05, 0.1) is 0 Å². The molecule has 2 saturated heterocycles. The molecule has 0 aromatic heterocycles. The molecule has 2 aliphatic rings. The van der Waals surface area contributed by atoms with Crippen LogP contribution in [0.3, 0.4) is 0 Å². The van der Waals surface area contributed by atoms with E-state index in [-0.39, 0.29) is 0 Å². The maximum absolute atomic E-state index is 11.6. The number of carbonyl (C=O) groups excluding carboxylic acids is 1. The molecule has 1 N–H and O–H groups in total. The van der Waals surface area contributed by atoms with E-state index in [2.05, 4.69) is 11.4 Å². The Morgan fingerprint density at radius 3 is 3.18 bits per heavy atom. The van der Waals surface area contributed by atoms with E-state index in [1.165, 1.54) is 19.3 Å². The number of hydrogen-bond acceptors (Lipinski definition) is 2. The first kappa shape index (κ1) is 12.6. The van der Waals surface area contributed by atoms with E-state index < -0.39 is 0 Å². The van der Waals surface area contributed by atoms with Gasteiger partial charge in [-0.15, -0.1) is 0 Å². The number of carbonyl (C=O) groups is 1. The lowest BCUT2D eigenvalue weighted by Crippen LogP contribution is -2.27. The van der Waals surface area contributed by atoms with Crippen molar-refractivity contribution in [2.24, 2.45) is 5.92 Å². The van der Waals surface area contributed by atoms with Gasteiger partial charge in [-0.3, -0.25) is 4.79 Å². The van der Waals surface area contributed by atoms with Crippen LogP contribution in [0.4, 0.5) is 0 Å². The molecule has 0 aliphatic carbocycles. The van der Waals surface area contributed by atoms with Gasteiger partial charge in [-0.05, 0) is 44.7 Å². The molecule has 0 radical (unpaired) electrons. The summed E-state index contributed by atoms with van der Waals surface area (Å²) in [6, 6.07) is 0. The van der Waals surface area contributed by atoms with Crippen LogP contribution >= 0.6 is 0 Å². The highest BCUT2D eigenvalue weighted by atomic mass is 16.2. The van der Waals surface area contributed by atoms with Crippen LogP contribution in [0.5, 0.6) is 0 Å². The van der Waals surface area contributed by atoms with Gasteiger partial charge in [0.25, 0.3) is 0 Å². The average molecular weight is 236 g/mol. The third-order valence-corrected chi connectivity index (χ3v) is 3.83. The minimum atomic E-state index is 0.313. The van der Waals surface area contributed by atoms with Crippen LogP contribution in [0.2, 0.25) is 0 Å². The van der Waals surface area contributed by atoms with Gasteiger partial charge in [0.2, 0.25) is 5.91 Å². The summed E-state index contributed by atoms with van der Waals surface area (Å²) < 4.78 is 0. The van der Waals surface area contributed by atoms with Crippen LogP contribution in [0.1, 0.15) is 39.0 Å². The van der Waals surface area contributed by atoms with Crippen molar-refractivity contribution in [1.82, 2.24) is 10.2 Å². The Balaban J connectivity index is 1.87. The summed E-state index contributed by atoms with van der Waals surface area (Å²) in [4.78, 5) is 13.6. The lowest BCUT2D eigenvalue weighted by Gasteiger charge is -2.14. The molecule has 1 amide bonds. The molecule has 0 saturated carbocycles. The molecule has 0 bridgehead atoms. The standard InChI is InChI=1S/C14H24N2O/c1-2-14(17)16-9-6-13(11-16)10-12-4-3-7-15-8-5-12/h10,13,15H,2-9,11H2,1H3. The number of nitrogens with one attached hydrogen (secondary N) is 1. The van der Waals surface area contributed by atoms with Crippen LogP contribution in [-0.2, 0) is 4.79 Å². The van der Waals surface area contributed by atoms with E-state index in [1.54, 1.807) is 5.57 Å². The zero-order chi connectivity index (χ0) is 12.1. The van der Waals surface area contributed by atoms with E-state index in [1.807, 2.05) is 11.8 Å². The van der Waals surface area contributed by atoms with Crippen molar-refractivity contribution < 1.29 is 4.79 Å². The fourth-order valence-corrected chi connectivity index (χ4v) is 2.81. The third-order valence-electron chi connectivity index (χ3n) is 3.83. The van der Waals surface area contributed by atoms with Gasteiger partial charge < -0.3 is 10.2 Å². The van der Waals surface area contributed by atoms with Crippen molar-refractivity contribution in [2.45, 2.75) is 39.0 Å². The van der Waals surface area contributed by atoms with Gasteiger partial charge in [-0.25, -0.2) is 0 Å². The topological polar surface area (TPSA) is 32.3 Å². The quantitative estimate of drug-likeness (QED) is 0.743. The highest BCUT2D eigenvalue weighted by molar-refractivity contribution is 5.76. The van der Waals surface area contributed by atoms with Gasteiger partial charge >= 0.3 is 0 Å². The number of nitrogens with zero attached hydrogens (tertiary/aromatic N) is 1. The monoisotopic (exact) mass is 236 g/mol. The number of rotatable bonds is 2. The van der Waals surface area contributed by atoms with E-state index in [0.717, 1.165) is 32.6 Å². The molecule has 0 aromatic carbocycles. The molecule has 1 atom stereocenters. The van der Waals surface area contributed by atoms with Crippen LogP contribution < -0.4 is 5.32 Å². The highest BCUT2D eigenvalue weighted by Gasteiger charge is 2.24. The SMILES string of the molecule is CCC(=O)N1CCC(C=C2CCCNCC2)C1. The van der Waals surface area contributed by atoms with Gasteiger partial charge in [0, 0.05) is 19.5 Å². The molecule has 2 rings (SSSR count). The van der Waals surface area contributed by atoms with E-state index in [4.69, 9.17) is 0 Å². The minimum absolute atomic E-state index is 0.313. The van der Waals surface area contributed by atoms with Crippen LogP contribution in [0.15, 0.2) is 11.6 Å². The second kappa shape index (κ2) is 6.20. The van der Waals surface area contributed by atoms with E-state index in [9.17, 15) is 4.79 Å². The summed E-state index contributed by atoms with van der Waals surface area (Å²) >= 11 is 0. The Morgan fingerprint density at radius 2 is 2.35 bits per heavy atom. The second-order valence-electron chi connectivity index (χ2n) is 5.17. The normalized spacial score (nSPS) is 28.4. The third kappa shape index (κ3) is 3.56. The fraction of sp³-hybridized carbons (Fsp3) is 0.786. The first-order valence-electron chi connectivity index (χ1n) is 6.97. The Hall–Kier alpha value is -0.830. The summed E-state index contributed by atoms with van der Waals surface area (Å²) in [5.74, 6) is 0.923. The molecular formula is C14H24N2O. The van der Waals surface area contributed by atoms with E-state index in [0.29, 0.717) is 18.2 Å². The largest absolute Gasteiger partial charge is 0.342 e. The lowest BCUT2D eigenvalue weighted by molar-refractivity contribution is -0.129. The molecule has 0 aromatic rings. The molecule has 3 heteroatoms.